The number of carbonyl (C=O) groups excluding carboxylic acids is 2. The van der Waals surface area contributed by atoms with Gasteiger partial charge in [-0.05, 0) is 42.2 Å². The first-order valence-corrected chi connectivity index (χ1v) is 9.02. The lowest BCUT2D eigenvalue weighted by Gasteiger charge is -2.19. The van der Waals surface area contributed by atoms with E-state index in [1.807, 2.05) is 55.5 Å². The molecule has 2 aromatic carbocycles. The Bertz CT molecular complexity index is 802. The lowest BCUT2D eigenvalue weighted by Crippen LogP contribution is -2.28. The van der Waals surface area contributed by atoms with Crippen LogP contribution >= 0.6 is 0 Å². The first kappa shape index (κ1) is 18.2. The van der Waals surface area contributed by atoms with Crippen LogP contribution < -0.4 is 10.2 Å². The van der Waals surface area contributed by atoms with E-state index in [2.05, 4.69) is 26.1 Å². The number of hydrogen-bond donors (Lipinski definition) is 1. The van der Waals surface area contributed by atoms with Gasteiger partial charge in [-0.1, -0.05) is 50.6 Å². The van der Waals surface area contributed by atoms with Crippen LogP contribution in [0.4, 0.5) is 11.4 Å². The van der Waals surface area contributed by atoms with Crippen LogP contribution in [0.3, 0.4) is 0 Å². The summed E-state index contributed by atoms with van der Waals surface area (Å²) in [5, 5.41) is 2.95. The summed E-state index contributed by atoms with van der Waals surface area (Å²) >= 11 is 0. The van der Waals surface area contributed by atoms with E-state index in [9.17, 15) is 9.59 Å². The molecule has 2 amide bonds. The van der Waals surface area contributed by atoms with Crippen molar-refractivity contribution < 1.29 is 9.59 Å². The third-order valence-corrected chi connectivity index (χ3v) is 4.86. The average molecular weight is 350 g/mol. The van der Waals surface area contributed by atoms with Gasteiger partial charge in [0.1, 0.15) is 0 Å². The molecule has 0 aliphatic carbocycles. The summed E-state index contributed by atoms with van der Waals surface area (Å²) in [5.41, 5.74) is 4.06. The smallest absolute Gasteiger partial charge is 0.229 e. The molecule has 1 N–H and O–H groups in total. The summed E-state index contributed by atoms with van der Waals surface area (Å²) in [7, 11) is 0. The van der Waals surface area contributed by atoms with Gasteiger partial charge in [-0.25, -0.2) is 0 Å². The lowest BCUT2D eigenvalue weighted by atomic mass is 9.87. The molecular weight excluding hydrogens is 324 g/mol. The van der Waals surface area contributed by atoms with Gasteiger partial charge in [0.25, 0.3) is 0 Å². The molecule has 26 heavy (non-hydrogen) atoms. The fourth-order valence-corrected chi connectivity index (χ4v) is 3.16. The quantitative estimate of drug-likeness (QED) is 0.898. The van der Waals surface area contributed by atoms with Gasteiger partial charge in [-0.3, -0.25) is 9.59 Å². The van der Waals surface area contributed by atoms with Crippen LogP contribution in [0, 0.1) is 12.8 Å². The minimum absolute atomic E-state index is 0.00270. The molecule has 1 fully saturated rings. The second-order valence-electron chi connectivity index (χ2n) is 8.06. The summed E-state index contributed by atoms with van der Waals surface area (Å²) < 4.78 is 0. The van der Waals surface area contributed by atoms with Gasteiger partial charge in [0.15, 0.2) is 0 Å². The topological polar surface area (TPSA) is 49.4 Å². The molecule has 0 saturated carbocycles. The number of hydrogen-bond acceptors (Lipinski definition) is 2. The zero-order valence-corrected chi connectivity index (χ0v) is 15.9. The van der Waals surface area contributed by atoms with Crippen LogP contribution in [0.15, 0.2) is 48.5 Å². The Morgan fingerprint density at radius 3 is 2.23 bits per heavy atom. The Balaban J connectivity index is 1.65. The Morgan fingerprint density at radius 2 is 1.65 bits per heavy atom. The van der Waals surface area contributed by atoms with Gasteiger partial charge in [0.2, 0.25) is 11.8 Å². The molecule has 1 atom stereocenters. The Labute approximate surface area is 155 Å². The molecule has 1 heterocycles. The van der Waals surface area contributed by atoms with Crippen LogP contribution in [0.1, 0.15) is 38.3 Å². The molecule has 0 unspecified atom stereocenters. The highest BCUT2D eigenvalue weighted by Crippen LogP contribution is 2.27. The number of carbonyl (C=O) groups is 2. The van der Waals surface area contributed by atoms with E-state index < -0.39 is 0 Å². The van der Waals surface area contributed by atoms with E-state index in [-0.39, 0.29) is 29.6 Å². The second-order valence-corrected chi connectivity index (χ2v) is 8.06. The van der Waals surface area contributed by atoms with E-state index in [1.165, 1.54) is 5.56 Å². The molecule has 1 saturated heterocycles. The molecule has 0 aromatic heterocycles. The van der Waals surface area contributed by atoms with Crippen molar-refractivity contribution in [2.45, 2.75) is 39.5 Å². The van der Waals surface area contributed by atoms with Gasteiger partial charge in [-0.2, -0.15) is 0 Å². The Hall–Kier alpha value is -2.62. The summed E-state index contributed by atoms with van der Waals surface area (Å²) in [6, 6.07) is 15.7. The average Bonchev–Trinajstić information content (AvgIpc) is 2.97. The molecule has 0 radical (unpaired) electrons. The summed E-state index contributed by atoms with van der Waals surface area (Å²) in [6.45, 7) is 8.91. The maximum Gasteiger partial charge on any atom is 0.229 e. The normalized spacial score (nSPS) is 17.5. The Kier molecular flexibility index (Phi) is 4.86. The van der Waals surface area contributed by atoms with Gasteiger partial charge in [0.05, 0.1) is 5.92 Å². The second kappa shape index (κ2) is 6.94. The minimum atomic E-state index is -0.328. The molecule has 0 spiro atoms. The first-order chi connectivity index (χ1) is 12.2. The van der Waals surface area contributed by atoms with Gasteiger partial charge >= 0.3 is 0 Å². The number of aryl methyl sites for hydroxylation is 1. The lowest BCUT2D eigenvalue weighted by molar-refractivity contribution is -0.122. The molecule has 136 valence electrons. The van der Waals surface area contributed by atoms with Crippen LogP contribution in [-0.4, -0.2) is 18.4 Å². The van der Waals surface area contributed by atoms with Crippen LogP contribution in [-0.2, 0) is 15.0 Å². The van der Waals surface area contributed by atoms with Crippen LogP contribution in [0.2, 0.25) is 0 Å². The fourth-order valence-electron chi connectivity index (χ4n) is 3.16. The van der Waals surface area contributed by atoms with Crippen molar-refractivity contribution in [1.82, 2.24) is 0 Å². The van der Waals surface area contributed by atoms with Crippen LogP contribution in [0.25, 0.3) is 0 Å². The third kappa shape index (κ3) is 3.96. The monoisotopic (exact) mass is 350 g/mol. The number of anilines is 2. The molecular formula is C22H26N2O2. The third-order valence-electron chi connectivity index (χ3n) is 4.86. The molecule has 0 bridgehead atoms. The predicted molar refractivity (Wildman–Crippen MR) is 105 cm³/mol. The zero-order chi connectivity index (χ0) is 18.9. The van der Waals surface area contributed by atoms with Crippen molar-refractivity contribution >= 4 is 23.2 Å². The van der Waals surface area contributed by atoms with Crippen molar-refractivity contribution in [2.75, 3.05) is 16.8 Å². The van der Waals surface area contributed by atoms with Crippen molar-refractivity contribution in [3.05, 3.63) is 59.7 Å². The van der Waals surface area contributed by atoms with Gasteiger partial charge in [0, 0.05) is 24.3 Å². The molecule has 2 aromatic rings. The minimum Gasteiger partial charge on any atom is -0.326 e. The zero-order valence-electron chi connectivity index (χ0n) is 15.9. The number of nitrogens with zero attached hydrogens (tertiary/aromatic N) is 1. The van der Waals surface area contributed by atoms with Crippen molar-refractivity contribution in [1.29, 1.82) is 0 Å². The highest BCUT2D eigenvalue weighted by atomic mass is 16.2. The van der Waals surface area contributed by atoms with Crippen LogP contribution in [0.5, 0.6) is 0 Å². The standard InChI is InChI=1S/C22H26N2O2/c1-15-5-11-19(12-6-15)24-14-16(13-20(24)25)21(26)23-18-9-7-17(8-10-18)22(2,3)4/h5-12,16H,13-14H2,1-4H3,(H,23,26)/t16-/m0/s1. The number of amides is 2. The van der Waals surface area contributed by atoms with E-state index in [0.29, 0.717) is 6.54 Å². The van der Waals surface area contributed by atoms with Crippen molar-refractivity contribution in [2.24, 2.45) is 5.92 Å². The van der Waals surface area contributed by atoms with E-state index in [0.717, 1.165) is 16.9 Å². The first-order valence-electron chi connectivity index (χ1n) is 9.02. The van der Waals surface area contributed by atoms with Crippen molar-refractivity contribution in [3.63, 3.8) is 0 Å². The summed E-state index contributed by atoms with van der Waals surface area (Å²) in [4.78, 5) is 26.6. The molecule has 4 heteroatoms. The molecule has 3 rings (SSSR count). The predicted octanol–water partition coefficient (Wildman–Crippen LogP) is 4.28. The largest absolute Gasteiger partial charge is 0.326 e. The maximum absolute atomic E-state index is 12.6. The van der Waals surface area contributed by atoms with Gasteiger partial charge < -0.3 is 10.2 Å². The number of nitrogens with one attached hydrogen (secondary N) is 1. The van der Waals surface area contributed by atoms with Crippen molar-refractivity contribution in [3.8, 4) is 0 Å². The van der Waals surface area contributed by atoms with E-state index >= 15 is 0 Å². The highest BCUT2D eigenvalue weighted by Gasteiger charge is 2.35. The molecule has 4 nitrogen and oxygen atoms in total. The van der Waals surface area contributed by atoms with E-state index in [1.54, 1.807) is 4.90 Å². The molecule has 1 aliphatic rings. The fraction of sp³-hybridized carbons (Fsp3) is 0.364. The SMILES string of the molecule is Cc1ccc(N2C[C@@H](C(=O)Nc3ccc(C(C)(C)C)cc3)CC2=O)cc1. The Morgan fingerprint density at radius 1 is 1.04 bits per heavy atom. The highest BCUT2D eigenvalue weighted by molar-refractivity contribution is 6.03. The number of rotatable bonds is 3. The maximum atomic E-state index is 12.6. The summed E-state index contributed by atoms with van der Waals surface area (Å²) in [6.07, 6.45) is 0.250. The number of benzene rings is 2. The summed E-state index contributed by atoms with van der Waals surface area (Å²) in [5.74, 6) is -0.431. The molecule has 1 aliphatic heterocycles. The van der Waals surface area contributed by atoms with E-state index in [4.69, 9.17) is 0 Å². The van der Waals surface area contributed by atoms with Gasteiger partial charge in [-0.15, -0.1) is 0 Å².